The van der Waals surface area contributed by atoms with Crippen molar-refractivity contribution in [1.29, 1.82) is 0 Å². The lowest BCUT2D eigenvalue weighted by molar-refractivity contribution is -0.142. The summed E-state index contributed by atoms with van der Waals surface area (Å²) in [6.07, 6.45) is -4.56. The first-order chi connectivity index (χ1) is 16.7. The molecule has 1 heterocycles. The predicted molar refractivity (Wildman–Crippen MR) is 119 cm³/mol. The van der Waals surface area contributed by atoms with Crippen LogP contribution in [0.5, 0.6) is 5.75 Å². The molecule has 1 amide bonds. The number of carbonyl (C=O) groups excluding carboxylic acids is 2. The van der Waals surface area contributed by atoms with Crippen molar-refractivity contribution in [3.63, 3.8) is 0 Å². The molecule has 1 aliphatic heterocycles. The fourth-order valence-electron chi connectivity index (χ4n) is 3.91. The molecule has 182 valence electrons. The second-order valence-electron chi connectivity index (χ2n) is 7.93. The van der Waals surface area contributed by atoms with Crippen molar-refractivity contribution < 1.29 is 36.6 Å². The van der Waals surface area contributed by atoms with E-state index in [9.17, 15) is 27.2 Å². The first-order valence-electron chi connectivity index (χ1n) is 10.8. The molecule has 4 rings (SSSR count). The van der Waals surface area contributed by atoms with Gasteiger partial charge in [-0.1, -0.05) is 30.3 Å². The van der Waals surface area contributed by atoms with Crippen LogP contribution in [0.1, 0.15) is 39.5 Å². The van der Waals surface area contributed by atoms with Gasteiger partial charge in [-0.2, -0.15) is 13.2 Å². The van der Waals surface area contributed by atoms with E-state index in [-0.39, 0.29) is 36.8 Å². The van der Waals surface area contributed by atoms with Crippen LogP contribution in [0.25, 0.3) is 0 Å². The third-order valence-corrected chi connectivity index (χ3v) is 5.53. The minimum absolute atomic E-state index is 0.0461. The molecule has 0 atom stereocenters. The smallest absolute Gasteiger partial charge is 0.416 e. The zero-order chi connectivity index (χ0) is 25.2. The Bertz CT molecular complexity index is 1270. The van der Waals surface area contributed by atoms with E-state index in [1.54, 1.807) is 37.3 Å². The number of anilines is 1. The lowest BCUT2D eigenvalue weighted by Crippen LogP contribution is -2.24. The summed E-state index contributed by atoms with van der Waals surface area (Å²) in [7, 11) is 0. The molecule has 0 aliphatic carbocycles. The number of hydrogen-bond donors (Lipinski definition) is 0. The molecule has 3 aromatic carbocycles. The highest BCUT2D eigenvalue weighted by molar-refractivity contribution is 6.10. The first-order valence-corrected chi connectivity index (χ1v) is 10.8. The van der Waals surface area contributed by atoms with Crippen molar-refractivity contribution in [2.24, 2.45) is 0 Å². The summed E-state index contributed by atoms with van der Waals surface area (Å²) in [6, 6.07) is 14.2. The van der Waals surface area contributed by atoms with Crippen molar-refractivity contribution in [2.75, 3.05) is 11.5 Å². The highest BCUT2D eigenvalue weighted by Crippen LogP contribution is 2.37. The summed E-state index contributed by atoms with van der Waals surface area (Å²) in [5.74, 6) is -1.59. The number of benzene rings is 3. The van der Waals surface area contributed by atoms with Crippen LogP contribution < -0.4 is 9.64 Å². The van der Waals surface area contributed by atoms with Crippen molar-refractivity contribution in [2.45, 2.75) is 32.7 Å². The Morgan fingerprint density at radius 2 is 1.77 bits per heavy atom. The van der Waals surface area contributed by atoms with E-state index in [0.29, 0.717) is 24.0 Å². The van der Waals surface area contributed by atoms with Gasteiger partial charge in [0, 0.05) is 11.1 Å². The van der Waals surface area contributed by atoms with Crippen molar-refractivity contribution in [1.82, 2.24) is 0 Å². The molecule has 5 nitrogen and oxygen atoms in total. The molecule has 0 saturated carbocycles. The monoisotopic (exact) mass is 487 g/mol. The summed E-state index contributed by atoms with van der Waals surface area (Å²) in [6.45, 7) is 2.14. The van der Waals surface area contributed by atoms with Gasteiger partial charge in [-0.15, -0.1) is 0 Å². The molecule has 0 unspecified atom stereocenters. The van der Waals surface area contributed by atoms with Crippen molar-refractivity contribution in [3.05, 3.63) is 94.3 Å². The Labute approximate surface area is 198 Å². The molecular weight excluding hydrogens is 466 g/mol. The molecule has 0 aromatic heterocycles. The SMILES string of the molecule is CCOC(=O)Cc1cccc(COc2cccc3c2CN(c2ccc(C(F)(F)F)cc2F)C3=O)c1. The number of carbonyl (C=O) groups is 2. The Morgan fingerprint density at radius 3 is 2.49 bits per heavy atom. The van der Waals surface area contributed by atoms with E-state index in [0.717, 1.165) is 28.2 Å². The zero-order valence-electron chi connectivity index (χ0n) is 18.7. The van der Waals surface area contributed by atoms with Gasteiger partial charge in [-0.05, 0) is 48.4 Å². The van der Waals surface area contributed by atoms with Gasteiger partial charge in [0.25, 0.3) is 5.91 Å². The van der Waals surface area contributed by atoms with E-state index >= 15 is 0 Å². The van der Waals surface area contributed by atoms with Crippen LogP contribution in [0.15, 0.2) is 60.7 Å². The molecule has 1 aliphatic rings. The van der Waals surface area contributed by atoms with Gasteiger partial charge in [0.1, 0.15) is 18.2 Å². The van der Waals surface area contributed by atoms with Gasteiger partial charge in [-0.3, -0.25) is 9.59 Å². The largest absolute Gasteiger partial charge is 0.489 e. The number of amides is 1. The standard InChI is InChI=1S/C26H21F4NO4/c1-2-34-24(32)12-16-5-3-6-17(11-16)15-35-23-8-4-7-19-20(23)14-31(25(19)33)22-10-9-18(13-21(22)27)26(28,29)30/h3-11,13H,2,12,14-15H2,1H3. The number of nitrogens with zero attached hydrogens (tertiary/aromatic N) is 1. The van der Waals surface area contributed by atoms with Gasteiger partial charge in [0.05, 0.1) is 30.8 Å². The maximum absolute atomic E-state index is 14.5. The topological polar surface area (TPSA) is 55.8 Å². The van der Waals surface area contributed by atoms with E-state index < -0.39 is 23.5 Å². The summed E-state index contributed by atoms with van der Waals surface area (Å²) in [5.41, 5.74) is 0.993. The van der Waals surface area contributed by atoms with E-state index in [1.807, 2.05) is 12.1 Å². The van der Waals surface area contributed by atoms with Gasteiger partial charge in [0.2, 0.25) is 0 Å². The first kappa shape index (κ1) is 24.3. The molecule has 0 fully saturated rings. The van der Waals surface area contributed by atoms with Crippen LogP contribution >= 0.6 is 0 Å². The predicted octanol–water partition coefficient (Wildman–Crippen LogP) is 5.69. The highest BCUT2D eigenvalue weighted by atomic mass is 19.4. The van der Waals surface area contributed by atoms with E-state index in [1.165, 1.54) is 0 Å². The maximum atomic E-state index is 14.5. The number of ether oxygens (including phenoxy) is 2. The molecule has 9 heteroatoms. The summed E-state index contributed by atoms with van der Waals surface area (Å²) in [4.78, 5) is 25.7. The molecule has 0 bridgehead atoms. The van der Waals surface area contributed by atoms with Gasteiger partial charge in [0.15, 0.2) is 0 Å². The van der Waals surface area contributed by atoms with Crippen LogP contribution in [-0.2, 0) is 35.3 Å². The van der Waals surface area contributed by atoms with Crippen LogP contribution in [0.4, 0.5) is 23.2 Å². The fraction of sp³-hybridized carbons (Fsp3) is 0.231. The Morgan fingerprint density at radius 1 is 1.03 bits per heavy atom. The van der Waals surface area contributed by atoms with Gasteiger partial charge in [-0.25, -0.2) is 4.39 Å². The minimum atomic E-state index is -4.69. The van der Waals surface area contributed by atoms with Crippen LogP contribution in [-0.4, -0.2) is 18.5 Å². The average Bonchev–Trinajstić information content (AvgIpc) is 3.14. The van der Waals surface area contributed by atoms with E-state index in [4.69, 9.17) is 9.47 Å². The second kappa shape index (κ2) is 9.77. The number of halogens is 4. The summed E-state index contributed by atoms with van der Waals surface area (Å²) >= 11 is 0. The minimum Gasteiger partial charge on any atom is -0.489 e. The third kappa shape index (κ3) is 5.29. The zero-order valence-corrected chi connectivity index (χ0v) is 18.7. The quantitative estimate of drug-likeness (QED) is 0.318. The van der Waals surface area contributed by atoms with Crippen LogP contribution in [0.2, 0.25) is 0 Å². The lowest BCUT2D eigenvalue weighted by Gasteiger charge is -2.18. The van der Waals surface area contributed by atoms with Crippen molar-refractivity contribution in [3.8, 4) is 5.75 Å². The molecule has 0 spiro atoms. The lowest BCUT2D eigenvalue weighted by atomic mass is 10.1. The number of alkyl halides is 3. The van der Waals surface area contributed by atoms with Crippen molar-refractivity contribution >= 4 is 17.6 Å². The number of esters is 1. The summed E-state index contributed by atoms with van der Waals surface area (Å²) < 4.78 is 64.1. The van der Waals surface area contributed by atoms with Gasteiger partial charge < -0.3 is 14.4 Å². The van der Waals surface area contributed by atoms with Gasteiger partial charge >= 0.3 is 12.1 Å². The second-order valence-corrected chi connectivity index (χ2v) is 7.93. The van der Waals surface area contributed by atoms with E-state index in [2.05, 4.69) is 0 Å². The molecule has 3 aromatic rings. The number of hydrogen-bond acceptors (Lipinski definition) is 4. The molecule has 0 N–H and O–H groups in total. The average molecular weight is 487 g/mol. The normalized spacial score (nSPS) is 13.1. The highest BCUT2D eigenvalue weighted by Gasteiger charge is 2.35. The summed E-state index contributed by atoms with van der Waals surface area (Å²) in [5, 5.41) is 0. The fourth-order valence-corrected chi connectivity index (χ4v) is 3.91. The molecule has 35 heavy (non-hydrogen) atoms. The van der Waals surface area contributed by atoms with Crippen LogP contribution in [0, 0.1) is 5.82 Å². The number of rotatable bonds is 7. The molecule has 0 radical (unpaired) electrons. The molecule has 0 saturated heterocycles. The van der Waals surface area contributed by atoms with Crippen LogP contribution in [0.3, 0.4) is 0 Å². The maximum Gasteiger partial charge on any atom is 0.416 e. The third-order valence-electron chi connectivity index (χ3n) is 5.53. The Kier molecular flexibility index (Phi) is 6.77. The Hall–Kier alpha value is -3.88. The Balaban J connectivity index is 1.51. The number of fused-ring (bicyclic) bond motifs is 1. The molecular formula is C26H21F4NO4.